The molecule has 0 radical (unpaired) electrons. The summed E-state index contributed by atoms with van der Waals surface area (Å²) in [6.07, 6.45) is 2.53. The van der Waals surface area contributed by atoms with E-state index in [2.05, 4.69) is 0 Å². The fourth-order valence-corrected chi connectivity index (χ4v) is 2.34. The van der Waals surface area contributed by atoms with Crippen LogP contribution in [0, 0.1) is 5.82 Å². The van der Waals surface area contributed by atoms with E-state index in [0.29, 0.717) is 17.8 Å². The van der Waals surface area contributed by atoms with E-state index in [0.717, 1.165) is 19.3 Å². The van der Waals surface area contributed by atoms with Gasteiger partial charge in [-0.3, -0.25) is 0 Å². The smallest absolute Gasteiger partial charge is 0.494 e. The van der Waals surface area contributed by atoms with Crippen molar-refractivity contribution >= 4 is 12.6 Å². The predicted molar refractivity (Wildman–Crippen MR) is 88.5 cm³/mol. The van der Waals surface area contributed by atoms with Crippen molar-refractivity contribution in [1.29, 1.82) is 0 Å². The Balaban J connectivity index is 2.04. The molecule has 1 fully saturated rings. The van der Waals surface area contributed by atoms with E-state index in [9.17, 15) is 4.39 Å². The molecule has 0 atom stereocenters. The fraction of sp³-hybridized carbons (Fsp3) is 0.647. The predicted octanol–water partition coefficient (Wildman–Crippen LogP) is 2.67. The van der Waals surface area contributed by atoms with Gasteiger partial charge in [0.25, 0.3) is 0 Å². The second kappa shape index (κ2) is 7.20. The average molecular weight is 324 g/mol. The molecule has 0 unspecified atom stereocenters. The lowest BCUT2D eigenvalue weighted by Crippen LogP contribution is -2.41. The molecule has 0 spiro atoms. The van der Waals surface area contributed by atoms with Crippen molar-refractivity contribution in [3.8, 4) is 5.75 Å². The van der Waals surface area contributed by atoms with Gasteiger partial charge < -0.3 is 19.2 Å². The van der Waals surface area contributed by atoms with E-state index < -0.39 is 18.3 Å². The summed E-state index contributed by atoms with van der Waals surface area (Å²) in [6.45, 7) is 8.48. The Hall–Kier alpha value is -1.11. The van der Waals surface area contributed by atoms with E-state index >= 15 is 0 Å². The van der Waals surface area contributed by atoms with Gasteiger partial charge in [-0.1, -0.05) is 0 Å². The van der Waals surface area contributed by atoms with E-state index in [1.807, 2.05) is 27.7 Å². The lowest BCUT2D eigenvalue weighted by atomic mass is 9.78. The molecule has 0 amide bonds. The summed E-state index contributed by atoms with van der Waals surface area (Å²) < 4.78 is 31.6. The molecule has 2 rings (SSSR count). The van der Waals surface area contributed by atoms with Gasteiger partial charge in [-0.05, 0) is 65.2 Å². The zero-order valence-corrected chi connectivity index (χ0v) is 14.4. The molecule has 1 saturated heterocycles. The third-order valence-corrected chi connectivity index (χ3v) is 4.55. The summed E-state index contributed by atoms with van der Waals surface area (Å²) in [5, 5.41) is 8.75. The minimum atomic E-state index is -0.738. The van der Waals surface area contributed by atoms with Crippen LogP contribution < -0.4 is 10.2 Å². The third kappa shape index (κ3) is 4.25. The summed E-state index contributed by atoms with van der Waals surface area (Å²) in [6, 6.07) is 4.63. The van der Waals surface area contributed by atoms with Gasteiger partial charge in [0.15, 0.2) is 0 Å². The maximum atomic E-state index is 14.2. The lowest BCUT2D eigenvalue weighted by molar-refractivity contribution is 0.00578. The van der Waals surface area contributed by atoms with Crippen LogP contribution >= 0.6 is 0 Å². The Morgan fingerprint density at radius 3 is 2.35 bits per heavy atom. The lowest BCUT2D eigenvalue weighted by Gasteiger charge is -2.32. The molecule has 1 heterocycles. The Kier molecular flexibility index (Phi) is 5.71. The fourth-order valence-electron chi connectivity index (χ4n) is 2.34. The maximum absolute atomic E-state index is 14.2. The third-order valence-electron chi connectivity index (χ3n) is 4.55. The molecule has 0 bridgehead atoms. The number of rotatable bonds is 7. The van der Waals surface area contributed by atoms with Crippen molar-refractivity contribution in [2.75, 3.05) is 13.2 Å². The van der Waals surface area contributed by atoms with Gasteiger partial charge in [-0.15, -0.1) is 0 Å². The number of unbranched alkanes of at least 4 members (excludes halogenated alkanes) is 2. The van der Waals surface area contributed by atoms with E-state index in [1.165, 1.54) is 6.07 Å². The topological polar surface area (TPSA) is 47.9 Å². The van der Waals surface area contributed by atoms with Gasteiger partial charge in [0.05, 0.1) is 17.8 Å². The summed E-state index contributed by atoms with van der Waals surface area (Å²) in [5.41, 5.74) is -0.659. The van der Waals surface area contributed by atoms with Crippen LogP contribution in [0.3, 0.4) is 0 Å². The van der Waals surface area contributed by atoms with Crippen LogP contribution in [-0.4, -0.2) is 36.6 Å². The first kappa shape index (κ1) is 18.2. The standard InChI is InChI=1S/C17H26BFO4/c1-16(2)17(3,4)23-18(22-16)14-12-13(8-9-15(14)19)21-11-7-5-6-10-20/h8-9,12,20H,5-7,10-11H2,1-4H3. The van der Waals surface area contributed by atoms with Gasteiger partial charge in [0.1, 0.15) is 11.6 Å². The number of benzene rings is 1. The highest BCUT2D eigenvalue weighted by molar-refractivity contribution is 6.62. The van der Waals surface area contributed by atoms with Gasteiger partial charge in [0.2, 0.25) is 0 Å². The molecule has 0 aromatic heterocycles. The zero-order valence-electron chi connectivity index (χ0n) is 14.4. The van der Waals surface area contributed by atoms with Gasteiger partial charge in [-0.2, -0.15) is 0 Å². The Morgan fingerprint density at radius 1 is 1.09 bits per heavy atom. The molecule has 128 valence electrons. The molecular formula is C17H26BFO4. The summed E-state index contributed by atoms with van der Waals surface area (Å²) in [7, 11) is -0.738. The van der Waals surface area contributed by atoms with Crippen molar-refractivity contribution in [3.05, 3.63) is 24.0 Å². The maximum Gasteiger partial charge on any atom is 0.497 e. The summed E-state index contributed by atoms with van der Waals surface area (Å²) in [4.78, 5) is 0. The summed E-state index contributed by atoms with van der Waals surface area (Å²) in [5.74, 6) is 0.233. The number of hydrogen-bond acceptors (Lipinski definition) is 4. The van der Waals surface area contributed by atoms with Crippen molar-refractivity contribution < 1.29 is 23.5 Å². The number of aliphatic hydroxyl groups excluding tert-OH is 1. The summed E-state index contributed by atoms with van der Waals surface area (Å²) >= 11 is 0. The average Bonchev–Trinajstić information content (AvgIpc) is 2.68. The first-order valence-corrected chi connectivity index (χ1v) is 8.15. The van der Waals surface area contributed by atoms with Crippen LogP contribution in [0.1, 0.15) is 47.0 Å². The van der Waals surface area contributed by atoms with Gasteiger partial charge in [-0.25, -0.2) is 4.39 Å². The van der Waals surface area contributed by atoms with Crippen molar-refractivity contribution in [1.82, 2.24) is 0 Å². The second-order valence-electron chi connectivity index (χ2n) is 6.90. The SMILES string of the molecule is CC1(C)OB(c2cc(OCCCCCO)ccc2F)OC1(C)C. The molecule has 1 aromatic carbocycles. The van der Waals surface area contributed by atoms with Crippen LogP contribution in [-0.2, 0) is 9.31 Å². The molecular weight excluding hydrogens is 298 g/mol. The number of hydrogen-bond donors (Lipinski definition) is 1. The quantitative estimate of drug-likeness (QED) is 0.619. The minimum Gasteiger partial charge on any atom is -0.494 e. The van der Waals surface area contributed by atoms with Crippen LogP contribution in [0.4, 0.5) is 4.39 Å². The molecule has 1 aliphatic heterocycles. The monoisotopic (exact) mass is 324 g/mol. The molecule has 1 N–H and O–H groups in total. The van der Waals surface area contributed by atoms with Crippen LogP contribution in [0.5, 0.6) is 5.75 Å². The highest BCUT2D eigenvalue weighted by atomic mass is 19.1. The first-order chi connectivity index (χ1) is 10.8. The van der Waals surface area contributed by atoms with Crippen LogP contribution in [0.25, 0.3) is 0 Å². The molecule has 4 nitrogen and oxygen atoms in total. The normalized spacial score (nSPS) is 19.1. The number of halogens is 1. The molecule has 6 heteroatoms. The highest BCUT2D eigenvalue weighted by Crippen LogP contribution is 2.36. The Bertz CT molecular complexity index is 517. The van der Waals surface area contributed by atoms with Crippen LogP contribution in [0.15, 0.2) is 18.2 Å². The van der Waals surface area contributed by atoms with E-state index in [1.54, 1.807) is 12.1 Å². The van der Waals surface area contributed by atoms with Crippen molar-refractivity contribution in [3.63, 3.8) is 0 Å². The molecule has 1 aromatic rings. The minimum absolute atomic E-state index is 0.197. The second-order valence-corrected chi connectivity index (χ2v) is 6.90. The molecule has 0 saturated carbocycles. The Morgan fingerprint density at radius 2 is 1.74 bits per heavy atom. The van der Waals surface area contributed by atoms with Crippen molar-refractivity contribution in [2.24, 2.45) is 0 Å². The first-order valence-electron chi connectivity index (χ1n) is 8.15. The Labute approximate surface area is 138 Å². The zero-order chi connectivity index (χ0) is 17.1. The molecule has 1 aliphatic rings. The number of ether oxygens (including phenoxy) is 1. The molecule has 23 heavy (non-hydrogen) atoms. The van der Waals surface area contributed by atoms with Crippen LogP contribution in [0.2, 0.25) is 0 Å². The molecule has 0 aliphatic carbocycles. The van der Waals surface area contributed by atoms with E-state index in [4.69, 9.17) is 19.2 Å². The van der Waals surface area contributed by atoms with Crippen molar-refractivity contribution in [2.45, 2.75) is 58.2 Å². The highest BCUT2D eigenvalue weighted by Gasteiger charge is 2.52. The number of aliphatic hydroxyl groups is 1. The van der Waals surface area contributed by atoms with Gasteiger partial charge in [0, 0.05) is 12.1 Å². The largest absolute Gasteiger partial charge is 0.497 e. The van der Waals surface area contributed by atoms with E-state index in [-0.39, 0.29) is 12.4 Å². The van der Waals surface area contributed by atoms with Gasteiger partial charge >= 0.3 is 7.12 Å².